The summed E-state index contributed by atoms with van der Waals surface area (Å²) in [5, 5.41) is 16.0. The van der Waals surface area contributed by atoms with Crippen LogP contribution in [0.3, 0.4) is 0 Å². The van der Waals surface area contributed by atoms with Gasteiger partial charge >= 0.3 is 0 Å². The lowest BCUT2D eigenvalue weighted by atomic mass is 9.70. The van der Waals surface area contributed by atoms with Crippen LogP contribution in [0.15, 0.2) is 23.4 Å². The summed E-state index contributed by atoms with van der Waals surface area (Å²) in [6.45, 7) is 15.2. The third-order valence-electron chi connectivity index (χ3n) is 5.03. The molecule has 0 amide bonds. The van der Waals surface area contributed by atoms with Crippen molar-refractivity contribution < 1.29 is 0 Å². The van der Waals surface area contributed by atoms with E-state index >= 15 is 0 Å². The molecule has 1 fully saturated rings. The summed E-state index contributed by atoms with van der Waals surface area (Å²) >= 11 is 0. The molecule has 0 bridgehead atoms. The molecular formula is C19H33N3. The molecule has 0 spiro atoms. The van der Waals surface area contributed by atoms with E-state index in [1.807, 2.05) is 13.0 Å². The molecule has 2 N–H and O–H groups in total. The average molecular weight is 303 g/mol. The Morgan fingerprint density at radius 2 is 2.05 bits per heavy atom. The summed E-state index contributed by atoms with van der Waals surface area (Å²) in [5.41, 5.74) is 2.65. The molecule has 0 aromatic carbocycles. The van der Waals surface area contributed by atoms with Crippen LogP contribution in [0.5, 0.6) is 0 Å². The smallest absolute Gasteiger partial charge is 0.0587 e. The summed E-state index contributed by atoms with van der Waals surface area (Å²) in [6, 6.07) is 0. The van der Waals surface area contributed by atoms with Crippen molar-refractivity contribution in [2.75, 3.05) is 13.1 Å². The monoisotopic (exact) mass is 303 g/mol. The summed E-state index contributed by atoms with van der Waals surface area (Å²) in [7, 11) is 0. The fourth-order valence-corrected chi connectivity index (χ4v) is 3.32. The van der Waals surface area contributed by atoms with Crippen molar-refractivity contribution in [3.8, 4) is 0 Å². The lowest BCUT2D eigenvalue weighted by Gasteiger charge is -2.47. The van der Waals surface area contributed by atoms with Crippen molar-refractivity contribution in [1.82, 2.24) is 4.90 Å². The number of piperidine rings is 1. The Kier molecular flexibility index (Phi) is 6.58. The molecule has 1 rings (SSSR count). The largest absolute Gasteiger partial charge is 0.369 e. The minimum Gasteiger partial charge on any atom is -0.369 e. The number of hydrogen-bond acceptors (Lipinski definition) is 3. The molecule has 124 valence electrons. The summed E-state index contributed by atoms with van der Waals surface area (Å²) < 4.78 is 0. The van der Waals surface area contributed by atoms with Crippen molar-refractivity contribution in [3.05, 3.63) is 23.4 Å². The van der Waals surface area contributed by atoms with E-state index in [4.69, 9.17) is 10.8 Å². The highest BCUT2D eigenvalue weighted by Gasteiger charge is 2.37. The molecule has 1 aliphatic heterocycles. The van der Waals surface area contributed by atoms with Gasteiger partial charge in [0, 0.05) is 19.3 Å². The predicted molar refractivity (Wildman–Crippen MR) is 96.9 cm³/mol. The van der Waals surface area contributed by atoms with Crippen molar-refractivity contribution in [2.24, 2.45) is 17.3 Å². The van der Waals surface area contributed by atoms with E-state index in [2.05, 4.69) is 45.6 Å². The highest BCUT2D eigenvalue weighted by atomic mass is 15.2. The van der Waals surface area contributed by atoms with E-state index < -0.39 is 0 Å². The van der Waals surface area contributed by atoms with Gasteiger partial charge in [0.2, 0.25) is 0 Å². The first-order valence-corrected chi connectivity index (χ1v) is 8.46. The second kappa shape index (κ2) is 7.75. The van der Waals surface area contributed by atoms with Gasteiger partial charge in [0.25, 0.3) is 0 Å². The highest BCUT2D eigenvalue weighted by Crippen LogP contribution is 2.39. The summed E-state index contributed by atoms with van der Waals surface area (Å²) in [4.78, 5) is 2.30. The first kappa shape index (κ1) is 18.7. The van der Waals surface area contributed by atoms with Crippen LogP contribution in [0.25, 0.3) is 0 Å². The summed E-state index contributed by atoms with van der Waals surface area (Å²) in [5.74, 6) is 1.23. The average Bonchev–Trinajstić information content (AvgIpc) is 2.43. The molecule has 0 aromatic rings. The Labute approximate surface area is 136 Å². The van der Waals surface area contributed by atoms with Gasteiger partial charge in [-0.05, 0) is 48.7 Å². The molecule has 2 atom stereocenters. The van der Waals surface area contributed by atoms with Crippen molar-refractivity contribution >= 4 is 11.9 Å². The van der Waals surface area contributed by atoms with Gasteiger partial charge in [-0.15, -0.1) is 0 Å². The lowest BCUT2D eigenvalue weighted by molar-refractivity contribution is 0.0561. The Bertz CT molecular complexity index is 473. The van der Waals surface area contributed by atoms with E-state index in [1.54, 1.807) is 0 Å². The third kappa shape index (κ3) is 4.56. The number of hydrogen-bond donors (Lipinski definition) is 2. The van der Waals surface area contributed by atoms with E-state index in [-0.39, 0.29) is 5.41 Å². The third-order valence-corrected chi connectivity index (χ3v) is 5.03. The van der Waals surface area contributed by atoms with E-state index in [0.717, 1.165) is 30.8 Å². The Balaban J connectivity index is 3.01. The SMILES string of the molecule is CC/C=C(\C)C(=N)/C=C(\C=N)N1CC(C)CC(C)(C(C)C)C1. The first-order valence-electron chi connectivity index (χ1n) is 8.46. The number of likely N-dealkylation sites (tertiary alicyclic amines) is 1. The molecule has 1 aliphatic rings. The Hall–Kier alpha value is -1.38. The fraction of sp³-hybridized carbons (Fsp3) is 0.684. The van der Waals surface area contributed by atoms with Crippen molar-refractivity contribution in [1.29, 1.82) is 10.8 Å². The number of allylic oxidation sites excluding steroid dienone is 4. The zero-order valence-corrected chi connectivity index (χ0v) is 15.2. The van der Waals surface area contributed by atoms with E-state index in [0.29, 0.717) is 17.5 Å². The van der Waals surface area contributed by atoms with E-state index in [1.165, 1.54) is 12.6 Å². The van der Waals surface area contributed by atoms with Gasteiger partial charge in [-0.3, -0.25) is 0 Å². The standard InChI is InChI=1S/C19H33N3/c1-7-8-16(5)18(21)9-17(11-20)22-12-15(4)10-19(6,13-22)14(2)3/h8-9,11,14-15,20-21H,7,10,12-13H2,1-6H3/b16-8+,17-9+,20-11?,21-18?. The topological polar surface area (TPSA) is 50.9 Å². The van der Waals surface area contributed by atoms with Crippen LogP contribution < -0.4 is 0 Å². The first-order chi connectivity index (χ1) is 10.2. The molecule has 0 aliphatic carbocycles. The molecule has 2 unspecified atom stereocenters. The van der Waals surface area contributed by atoms with Gasteiger partial charge in [0.1, 0.15) is 0 Å². The second-order valence-electron chi connectivity index (χ2n) is 7.42. The van der Waals surface area contributed by atoms with Crippen LogP contribution in [-0.2, 0) is 0 Å². The highest BCUT2D eigenvalue weighted by molar-refractivity contribution is 6.08. The fourth-order valence-electron chi connectivity index (χ4n) is 3.32. The van der Waals surface area contributed by atoms with Gasteiger partial charge in [-0.1, -0.05) is 40.7 Å². The van der Waals surface area contributed by atoms with Crippen LogP contribution in [0, 0.1) is 28.1 Å². The zero-order valence-electron chi connectivity index (χ0n) is 15.2. The van der Waals surface area contributed by atoms with Crippen molar-refractivity contribution in [3.63, 3.8) is 0 Å². The zero-order chi connectivity index (χ0) is 16.9. The molecule has 1 saturated heterocycles. The second-order valence-corrected chi connectivity index (χ2v) is 7.42. The van der Waals surface area contributed by atoms with Gasteiger partial charge in [-0.2, -0.15) is 0 Å². The quantitative estimate of drug-likeness (QED) is 0.674. The molecule has 0 saturated carbocycles. The minimum absolute atomic E-state index is 0.274. The maximum atomic E-state index is 8.21. The number of nitrogens with one attached hydrogen (secondary N) is 2. The van der Waals surface area contributed by atoms with Gasteiger partial charge in [0.05, 0.1) is 11.4 Å². The molecule has 0 aromatic heterocycles. The van der Waals surface area contributed by atoms with Crippen LogP contribution in [0.1, 0.15) is 54.4 Å². The molecule has 22 heavy (non-hydrogen) atoms. The molecule has 3 nitrogen and oxygen atoms in total. The van der Waals surface area contributed by atoms with Gasteiger partial charge < -0.3 is 15.7 Å². The maximum Gasteiger partial charge on any atom is 0.0587 e. The normalized spacial score (nSPS) is 27.2. The number of nitrogens with zero attached hydrogens (tertiary/aromatic N) is 1. The van der Waals surface area contributed by atoms with Crippen LogP contribution >= 0.6 is 0 Å². The number of rotatable bonds is 6. The maximum absolute atomic E-state index is 8.21. The van der Waals surface area contributed by atoms with Crippen molar-refractivity contribution in [2.45, 2.75) is 54.4 Å². The minimum atomic E-state index is 0.274. The van der Waals surface area contributed by atoms with Crippen LogP contribution in [-0.4, -0.2) is 29.9 Å². The molecule has 3 heteroatoms. The Morgan fingerprint density at radius 1 is 1.41 bits per heavy atom. The van der Waals surface area contributed by atoms with Crippen LogP contribution in [0.2, 0.25) is 0 Å². The summed E-state index contributed by atoms with van der Waals surface area (Å²) in [6.07, 6.45) is 7.50. The molecule has 0 radical (unpaired) electrons. The van der Waals surface area contributed by atoms with Gasteiger partial charge in [0.15, 0.2) is 0 Å². The van der Waals surface area contributed by atoms with Gasteiger partial charge in [-0.25, -0.2) is 0 Å². The van der Waals surface area contributed by atoms with E-state index in [9.17, 15) is 0 Å². The predicted octanol–water partition coefficient (Wildman–Crippen LogP) is 4.90. The van der Waals surface area contributed by atoms with Crippen LogP contribution in [0.4, 0.5) is 0 Å². The molecular weight excluding hydrogens is 270 g/mol. The molecule has 1 heterocycles. The Morgan fingerprint density at radius 3 is 2.55 bits per heavy atom. The lowest BCUT2D eigenvalue weighted by Crippen LogP contribution is -2.47.